The molecule has 1 aromatic carbocycles. The van der Waals surface area contributed by atoms with Crippen molar-refractivity contribution in [2.45, 2.75) is 26.4 Å². The van der Waals surface area contributed by atoms with E-state index in [0.717, 1.165) is 11.3 Å². The van der Waals surface area contributed by atoms with E-state index >= 15 is 0 Å². The second kappa shape index (κ2) is 7.58. The van der Waals surface area contributed by atoms with Crippen molar-refractivity contribution >= 4 is 11.7 Å². The van der Waals surface area contributed by atoms with Gasteiger partial charge in [-0.1, -0.05) is 26.0 Å². The zero-order valence-electron chi connectivity index (χ0n) is 13.8. The zero-order chi connectivity index (χ0) is 17.7. The van der Waals surface area contributed by atoms with Gasteiger partial charge in [0.05, 0.1) is 13.2 Å². The molecule has 0 aliphatic carbocycles. The number of carbonyl (C=O) groups excluding carboxylic acids is 1. The first kappa shape index (κ1) is 17.5. The van der Waals surface area contributed by atoms with Crippen LogP contribution < -0.4 is 10.1 Å². The van der Waals surface area contributed by atoms with E-state index in [1.807, 2.05) is 38.1 Å². The Morgan fingerprint density at radius 1 is 1.38 bits per heavy atom. The molecule has 0 radical (unpaired) electrons. The Balaban J connectivity index is 2.05. The number of ether oxygens (including phenoxy) is 1. The Hall–Kier alpha value is -2.90. The minimum Gasteiger partial charge on any atom is -0.497 e. The van der Waals surface area contributed by atoms with E-state index in [1.54, 1.807) is 7.11 Å². The molecule has 0 aliphatic heterocycles. The van der Waals surface area contributed by atoms with Crippen LogP contribution in [-0.2, 0) is 11.3 Å². The molecular weight excluding hydrogens is 312 g/mol. The molecule has 128 valence electrons. The smallest absolute Gasteiger partial charge is 0.381 e. The first-order valence-electron chi connectivity index (χ1n) is 7.50. The first-order valence-corrected chi connectivity index (χ1v) is 7.50. The van der Waals surface area contributed by atoms with Gasteiger partial charge in [-0.25, -0.2) is 0 Å². The van der Waals surface area contributed by atoms with Crippen LogP contribution in [0, 0.1) is 16.0 Å². The number of rotatable bonds is 7. The minimum atomic E-state index is -0.595. The highest BCUT2D eigenvalue weighted by Gasteiger charge is 2.19. The lowest BCUT2D eigenvalue weighted by atomic mass is 9.96. The lowest BCUT2D eigenvalue weighted by Gasteiger charge is -2.23. The normalized spacial score (nSPS) is 12.0. The Bertz CT molecular complexity index is 709. The summed E-state index contributed by atoms with van der Waals surface area (Å²) in [6.07, 6.45) is 2.51. The molecule has 2 rings (SSSR count). The topological polar surface area (TPSA) is 99.3 Å². The second-order valence-electron chi connectivity index (χ2n) is 5.72. The zero-order valence-corrected chi connectivity index (χ0v) is 13.8. The van der Waals surface area contributed by atoms with Crippen LogP contribution in [-0.4, -0.2) is 27.5 Å². The molecule has 1 atom stereocenters. The fraction of sp³-hybridized carbons (Fsp3) is 0.375. The van der Waals surface area contributed by atoms with E-state index in [4.69, 9.17) is 4.74 Å². The number of nitrogens with zero attached hydrogens (tertiary/aromatic N) is 3. The van der Waals surface area contributed by atoms with Crippen LogP contribution in [0.3, 0.4) is 0 Å². The Labute approximate surface area is 139 Å². The maximum Gasteiger partial charge on any atom is 0.381 e. The summed E-state index contributed by atoms with van der Waals surface area (Å²) in [6.45, 7) is 3.99. The Morgan fingerprint density at radius 2 is 2.04 bits per heavy atom. The van der Waals surface area contributed by atoms with E-state index < -0.39 is 4.92 Å². The third-order valence-corrected chi connectivity index (χ3v) is 3.59. The summed E-state index contributed by atoms with van der Waals surface area (Å²) in [6, 6.07) is 7.34. The van der Waals surface area contributed by atoms with Gasteiger partial charge in [-0.15, -0.1) is 0 Å². The summed E-state index contributed by atoms with van der Waals surface area (Å²) in [5, 5.41) is 13.6. The van der Waals surface area contributed by atoms with Gasteiger partial charge in [0.15, 0.2) is 0 Å². The van der Waals surface area contributed by atoms with Crippen molar-refractivity contribution in [2.75, 3.05) is 7.11 Å². The van der Waals surface area contributed by atoms with Gasteiger partial charge < -0.3 is 24.7 Å². The highest BCUT2D eigenvalue weighted by Crippen LogP contribution is 2.24. The molecule has 8 heteroatoms. The average molecular weight is 332 g/mol. The third-order valence-electron chi connectivity index (χ3n) is 3.59. The van der Waals surface area contributed by atoms with Gasteiger partial charge in [-0.3, -0.25) is 4.79 Å². The van der Waals surface area contributed by atoms with Crippen molar-refractivity contribution in [3.8, 4) is 5.75 Å². The van der Waals surface area contributed by atoms with E-state index in [2.05, 4.69) is 10.3 Å². The number of imidazole rings is 1. The van der Waals surface area contributed by atoms with Crippen LogP contribution in [0.2, 0.25) is 0 Å². The van der Waals surface area contributed by atoms with Gasteiger partial charge in [0.1, 0.15) is 18.5 Å². The third kappa shape index (κ3) is 4.31. The van der Waals surface area contributed by atoms with Crippen LogP contribution in [0.1, 0.15) is 25.5 Å². The lowest BCUT2D eigenvalue weighted by Crippen LogP contribution is -2.34. The van der Waals surface area contributed by atoms with Crippen molar-refractivity contribution in [2.24, 2.45) is 5.92 Å². The van der Waals surface area contributed by atoms with Crippen molar-refractivity contribution in [3.05, 3.63) is 52.5 Å². The predicted octanol–water partition coefficient (Wildman–Crippen LogP) is 2.31. The van der Waals surface area contributed by atoms with Crippen LogP contribution >= 0.6 is 0 Å². The molecular formula is C16H20N4O4. The van der Waals surface area contributed by atoms with Crippen LogP contribution in [0.4, 0.5) is 5.82 Å². The second-order valence-corrected chi connectivity index (χ2v) is 5.72. The summed E-state index contributed by atoms with van der Waals surface area (Å²) in [5.41, 5.74) is 0.968. The van der Waals surface area contributed by atoms with Crippen molar-refractivity contribution in [1.82, 2.24) is 14.9 Å². The predicted molar refractivity (Wildman–Crippen MR) is 87.6 cm³/mol. The summed E-state index contributed by atoms with van der Waals surface area (Å²) in [5.74, 6) is 0.410. The molecule has 24 heavy (non-hydrogen) atoms. The maximum atomic E-state index is 12.2. The Morgan fingerprint density at radius 3 is 2.54 bits per heavy atom. The summed E-state index contributed by atoms with van der Waals surface area (Å²) in [4.78, 5) is 25.9. The van der Waals surface area contributed by atoms with Gasteiger partial charge >= 0.3 is 5.82 Å². The molecule has 0 saturated carbocycles. The molecule has 0 bridgehead atoms. The lowest BCUT2D eigenvalue weighted by molar-refractivity contribution is -0.389. The van der Waals surface area contributed by atoms with E-state index in [9.17, 15) is 14.9 Å². The monoisotopic (exact) mass is 332 g/mol. The maximum absolute atomic E-state index is 12.2. The molecule has 0 fully saturated rings. The number of methoxy groups -OCH3 is 1. The number of benzene rings is 1. The van der Waals surface area contributed by atoms with E-state index in [0.29, 0.717) is 0 Å². The molecule has 1 amide bonds. The van der Waals surface area contributed by atoms with Crippen LogP contribution in [0.25, 0.3) is 0 Å². The van der Waals surface area contributed by atoms with Crippen LogP contribution in [0.15, 0.2) is 36.8 Å². The fourth-order valence-electron chi connectivity index (χ4n) is 2.36. The highest BCUT2D eigenvalue weighted by molar-refractivity contribution is 5.76. The summed E-state index contributed by atoms with van der Waals surface area (Å²) < 4.78 is 6.53. The van der Waals surface area contributed by atoms with Crippen LogP contribution in [0.5, 0.6) is 5.75 Å². The van der Waals surface area contributed by atoms with Gasteiger partial charge in [-0.05, 0) is 33.5 Å². The molecule has 0 aliphatic rings. The van der Waals surface area contributed by atoms with Crippen molar-refractivity contribution < 1.29 is 14.5 Å². The largest absolute Gasteiger partial charge is 0.497 e. The highest BCUT2D eigenvalue weighted by atomic mass is 16.6. The van der Waals surface area contributed by atoms with Crippen molar-refractivity contribution in [1.29, 1.82) is 0 Å². The standard InChI is InChI=1S/C16H20N4O4/c1-11(2)16(12-4-6-13(24-3)7-5-12)18-15(21)9-19-8-14(17-10-19)20(22)23/h4-8,10-11,16H,9H2,1-3H3,(H,18,21). The number of aromatic nitrogens is 2. The fourth-order valence-corrected chi connectivity index (χ4v) is 2.36. The van der Waals surface area contributed by atoms with Gasteiger partial charge in [0.2, 0.25) is 12.2 Å². The van der Waals surface area contributed by atoms with Gasteiger partial charge in [0.25, 0.3) is 0 Å². The number of hydrogen-bond donors (Lipinski definition) is 1. The molecule has 1 heterocycles. The molecule has 8 nitrogen and oxygen atoms in total. The molecule has 0 spiro atoms. The minimum absolute atomic E-state index is 0.0276. The molecule has 1 unspecified atom stereocenters. The number of amides is 1. The number of hydrogen-bond acceptors (Lipinski definition) is 5. The molecule has 2 aromatic rings. The van der Waals surface area contributed by atoms with Gasteiger partial charge in [0, 0.05) is 0 Å². The van der Waals surface area contributed by atoms with E-state index in [-0.39, 0.29) is 30.2 Å². The number of nitrogens with one attached hydrogen (secondary N) is 1. The number of carbonyl (C=O) groups is 1. The molecule has 0 saturated heterocycles. The summed E-state index contributed by atoms with van der Waals surface area (Å²) in [7, 11) is 1.60. The first-order chi connectivity index (χ1) is 11.4. The molecule has 1 aromatic heterocycles. The van der Waals surface area contributed by atoms with Gasteiger partial charge in [-0.2, -0.15) is 0 Å². The summed E-state index contributed by atoms with van der Waals surface area (Å²) >= 11 is 0. The Kier molecular flexibility index (Phi) is 5.51. The SMILES string of the molecule is COc1ccc(C(NC(=O)Cn2cnc([N+](=O)[O-])c2)C(C)C)cc1. The van der Waals surface area contributed by atoms with E-state index in [1.165, 1.54) is 17.1 Å². The number of nitro groups is 1. The average Bonchev–Trinajstić information content (AvgIpc) is 3.01. The molecule has 1 N–H and O–H groups in total. The quantitative estimate of drug-likeness (QED) is 0.619. The van der Waals surface area contributed by atoms with Crippen molar-refractivity contribution in [3.63, 3.8) is 0 Å².